The molecule has 0 bridgehead atoms. The molecule has 1 aliphatic carbocycles. The monoisotopic (exact) mass is 275 g/mol. The van der Waals surface area contributed by atoms with Gasteiger partial charge in [0.05, 0.1) is 0 Å². The number of anilines is 1. The van der Waals surface area contributed by atoms with Gasteiger partial charge in [-0.1, -0.05) is 27.2 Å². The van der Waals surface area contributed by atoms with Crippen LogP contribution >= 0.6 is 0 Å². The molecule has 1 heterocycles. The third-order valence-corrected chi connectivity index (χ3v) is 3.97. The maximum atomic E-state index is 12.3. The van der Waals surface area contributed by atoms with Gasteiger partial charge < -0.3 is 11.1 Å². The molecule has 1 aromatic rings. The van der Waals surface area contributed by atoms with Gasteiger partial charge in [0, 0.05) is 17.3 Å². The Balaban J connectivity index is 2.05. The van der Waals surface area contributed by atoms with Crippen molar-refractivity contribution in [3.63, 3.8) is 0 Å². The average Bonchev–Trinajstić information content (AvgIpc) is 2.68. The number of nitrogens with zero attached hydrogens (tertiary/aromatic N) is 1. The standard InChI is InChI=1S/C16H25N3O/c1-4-5-12-8-11(9-14(17)18-12)15(20)19-13-6-7-16(2,3)10-13/h8-9,13H,4-7,10H2,1-3H3,(H2,17,18)(H,19,20). The SMILES string of the molecule is CCCc1cc(C(=O)NC2CCC(C)(C)C2)cc(N)n1. The van der Waals surface area contributed by atoms with Crippen LogP contribution < -0.4 is 11.1 Å². The number of rotatable bonds is 4. The van der Waals surface area contributed by atoms with Crippen LogP contribution in [-0.2, 0) is 6.42 Å². The number of nitrogen functional groups attached to an aromatic ring is 1. The second-order valence-corrected chi connectivity index (χ2v) is 6.60. The van der Waals surface area contributed by atoms with E-state index in [9.17, 15) is 4.79 Å². The zero-order chi connectivity index (χ0) is 14.8. The molecule has 4 heteroatoms. The summed E-state index contributed by atoms with van der Waals surface area (Å²) >= 11 is 0. The number of carbonyl (C=O) groups is 1. The van der Waals surface area contributed by atoms with Crippen LogP contribution in [0.25, 0.3) is 0 Å². The molecule has 1 fully saturated rings. The van der Waals surface area contributed by atoms with Gasteiger partial charge >= 0.3 is 0 Å². The molecule has 1 aromatic heterocycles. The van der Waals surface area contributed by atoms with E-state index in [0.29, 0.717) is 16.8 Å². The smallest absolute Gasteiger partial charge is 0.251 e. The fourth-order valence-corrected chi connectivity index (χ4v) is 2.95. The molecule has 0 radical (unpaired) electrons. The molecule has 4 nitrogen and oxygen atoms in total. The van der Waals surface area contributed by atoms with Crippen molar-refractivity contribution in [2.75, 3.05) is 5.73 Å². The van der Waals surface area contributed by atoms with Gasteiger partial charge in [-0.15, -0.1) is 0 Å². The first kappa shape index (κ1) is 14.8. The van der Waals surface area contributed by atoms with Crippen molar-refractivity contribution >= 4 is 11.7 Å². The maximum Gasteiger partial charge on any atom is 0.251 e. The molecule has 0 spiro atoms. The van der Waals surface area contributed by atoms with E-state index in [1.165, 1.54) is 0 Å². The predicted molar refractivity (Wildman–Crippen MR) is 81.5 cm³/mol. The third-order valence-electron chi connectivity index (χ3n) is 3.97. The summed E-state index contributed by atoms with van der Waals surface area (Å²) in [5, 5.41) is 3.13. The molecular weight excluding hydrogens is 250 g/mol. The molecule has 2 rings (SSSR count). The number of carbonyl (C=O) groups excluding carboxylic acids is 1. The highest BCUT2D eigenvalue weighted by Gasteiger charge is 2.31. The number of pyridine rings is 1. The number of hydrogen-bond donors (Lipinski definition) is 2. The first-order valence-electron chi connectivity index (χ1n) is 7.47. The molecule has 1 aliphatic rings. The minimum Gasteiger partial charge on any atom is -0.384 e. The van der Waals surface area contributed by atoms with Gasteiger partial charge in [0.25, 0.3) is 5.91 Å². The first-order valence-corrected chi connectivity index (χ1v) is 7.47. The number of hydrogen-bond acceptors (Lipinski definition) is 3. The van der Waals surface area contributed by atoms with Crippen molar-refractivity contribution < 1.29 is 4.79 Å². The van der Waals surface area contributed by atoms with Crippen LogP contribution in [0.4, 0.5) is 5.82 Å². The second-order valence-electron chi connectivity index (χ2n) is 6.60. The third kappa shape index (κ3) is 3.71. The fourth-order valence-electron chi connectivity index (χ4n) is 2.95. The normalized spacial score (nSPS) is 20.9. The topological polar surface area (TPSA) is 68.0 Å². The predicted octanol–water partition coefficient (Wildman–Crippen LogP) is 2.92. The lowest BCUT2D eigenvalue weighted by Gasteiger charge is -2.18. The molecule has 1 atom stereocenters. The van der Waals surface area contributed by atoms with E-state index in [4.69, 9.17) is 5.73 Å². The minimum absolute atomic E-state index is 0.0286. The van der Waals surface area contributed by atoms with Gasteiger partial charge in [-0.25, -0.2) is 4.98 Å². The molecule has 110 valence electrons. The summed E-state index contributed by atoms with van der Waals surface area (Å²) in [7, 11) is 0. The average molecular weight is 275 g/mol. The summed E-state index contributed by atoms with van der Waals surface area (Å²) in [6.45, 7) is 6.59. The Morgan fingerprint density at radius 1 is 1.50 bits per heavy atom. The summed E-state index contributed by atoms with van der Waals surface area (Å²) in [5.41, 5.74) is 7.65. The molecule has 20 heavy (non-hydrogen) atoms. The first-order chi connectivity index (χ1) is 9.39. The minimum atomic E-state index is -0.0286. The number of nitrogens with two attached hydrogens (primary N) is 1. The van der Waals surface area contributed by atoms with Crippen LogP contribution in [0.5, 0.6) is 0 Å². The number of nitrogens with one attached hydrogen (secondary N) is 1. The van der Waals surface area contributed by atoms with Crippen molar-refractivity contribution in [2.45, 2.75) is 58.9 Å². The quantitative estimate of drug-likeness (QED) is 0.887. The molecule has 1 unspecified atom stereocenters. The number of amides is 1. The summed E-state index contributed by atoms with van der Waals surface area (Å²) in [6, 6.07) is 3.80. The van der Waals surface area contributed by atoms with Crippen LogP contribution in [0.2, 0.25) is 0 Å². The maximum absolute atomic E-state index is 12.3. The molecule has 1 saturated carbocycles. The van der Waals surface area contributed by atoms with Crippen molar-refractivity contribution in [2.24, 2.45) is 5.41 Å². The number of aryl methyl sites for hydroxylation is 1. The Hall–Kier alpha value is -1.58. The summed E-state index contributed by atoms with van der Waals surface area (Å²) in [4.78, 5) is 16.6. The highest BCUT2D eigenvalue weighted by molar-refractivity contribution is 5.95. The molecule has 3 N–H and O–H groups in total. The lowest BCUT2D eigenvalue weighted by atomic mass is 9.92. The number of aromatic nitrogens is 1. The summed E-state index contributed by atoms with van der Waals surface area (Å²) in [5.74, 6) is 0.395. The Bertz CT molecular complexity index is 496. The van der Waals surface area contributed by atoms with E-state index >= 15 is 0 Å². The van der Waals surface area contributed by atoms with Crippen LogP contribution in [0.3, 0.4) is 0 Å². The van der Waals surface area contributed by atoms with Crippen LogP contribution in [0.15, 0.2) is 12.1 Å². The fraction of sp³-hybridized carbons (Fsp3) is 0.625. The van der Waals surface area contributed by atoms with Gasteiger partial charge in [0.2, 0.25) is 0 Å². The van der Waals surface area contributed by atoms with Crippen molar-refractivity contribution in [3.8, 4) is 0 Å². The van der Waals surface area contributed by atoms with Gasteiger partial charge in [-0.3, -0.25) is 4.79 Å². The zero-order valence-electron chi connectivity index (χ0n) is 12.7. The summed E-state index contributed by atoms with van der Waals surface area (Å²) in [6.07, 6.45) is 5.11. The van der Waals surface area contributed by atoms with Gasteiger partial charge in [0.1, 0.15) is 5.82 Å². The van der Waals surface area contributed by atoms with Crippen molar-refractivity contribution in [1.29, 1.82) is 0 Å². The summed E-state index contributed by atoms with van der Waals surface area (Å²) < 4.78 is 0. The van der Waals surface area contributed by atoms with Crippen molar-refractivity contribution in [1.82, 2.24) is 10.3 Å². The lowest BCUT2D eigenvalue weighted by molar-refractivity contribution is 0.0936. The second kappa shape index (κ2) is 5.81. The highest BCUT2D eigenvalue weighted by atomic mass is 16.1. The van der Waals surface area contributed by atoms with Gasteiger partial charge in [-0.2, -0.15) is 0 Å². The molecule has 0 aliphatic heterocycles. The Labute approximate surface area is 121 Å². The van der Waals surface area contributed by atoms with Crippen LogP contribution in [0.1, 0.15) is 62.5 Å². The molecule has 0 saturated heterocycles. The van der Waals surface area contributed by atoms with E-state index in [0.717, 1.165) is 37.8 Å². The van der Waals surface area contributed by atoms with E-state index < -0.39 is 0 Å². The van der Waals surface area contributed by atoms with Crippen LogP contribution in [0, 0.1) is 5.41 Å². The van der Waals surface area contributed by atoms with E-state index in [2.05, 4.69) is 31.1 Å². The molecule has 1 amide bonds. The molecular formula is C16H25N3O. The Morgan fingerprint density at radius 2 is 2.25 bits per heavy atom. The Kier molecular flexibility index (Phi) is 4.31. The van der Waals surface area contributed by atoms with Crippen LogP contribution in [-0.4, -0.2) is 16.9 Å². The molecule has 0 aromatic carbocycles. The van der Waals surface area contributed by atoms with Crippen molar-refractivity contribution in [3.05, 3.63) is 23.4 Å². The van der Waals surface area contributed by atoms with Gasteiger partial charge in [-0.05, 0) is 43.2 Å². The van der Waals surface area contributed by atoms with E-state index in [1.807, 2.05) is 6.07 Å². The Morgan fingerprint density at radius 3 is 2.85 bits per heavy atom. The van der Waals surface area contributed by atoms with Gasteiger partial charge in [0.15, 0.2) is 0 Å². The van der Waals surface area contributed by atoms with E-state index in [1.54, 1.807) is 6.07 Å². The highest BCUT2D eigenvalue weighted by Crippen LogP contribution is 2.36. The lowest BCUT2D eigenvalue weighted by Crippen LogP contribution is -2.33. The zero-order valence-corrected chi connectivity index (χ0v) is 12.7. The largest absolute Gasteiger partial charge is 0.384 e. The van der Waals surface area contributed by atoms with E-state index in [-0.39, 0.29) is 11.9 Å².